The number of benzene rings is 1. The molecule has 0 radical (unpaired) electrons. The molecule has 86 valence electrons. The van der Waals surface area contributed by atoms with Crippen molar-refractivity contribution in [2.24, 2.45) is 0 Å². The van der Waals surface area contributed by atoms with Gasteiger partial charge in [0.05, 0.1) is 12.1 Å². The van der Waals surface area contributed by atoms with Crippen LogP contribution in [0.1, 0.15) is 10.4 Å². The van der Waals surface area contributed by atoms with Crippen LogP contribution in [0.25, 0.3) is 0 Å². The van der Waals surface area contributed by atoms with Gasteiger partial charge in [-0.05, 0) is 12.1 Å². The van der Waals surface area contributed by atoms with Crippen molar-refractivity contribution in [3.63, 3.8) is 0 Å². The molecular formula is C10H9ClO5. The van der Waals surface area contributed by atoms with Crippen LogP contribution in [-0.2, 0) is 9.53 Å². The highest BCUT2D eigenvalue weighted by molar-refractivity contribution is 6.32. The molecule has 0 bridgehead atoms. The second-order valence-corrected chi connectivity index (χ2v) is 3.19. The fourth-order valence-corrected chi connectivity index (χ4v) is 1.24. The molecule has 0 aliphatic rings. The molecule has 0 heterocycles. The van der Waals surface area contributed by atoms with Gasteiger partial charge in [-0.1, -0.05) is 17.7 Å². The van der Waals surface area contributed by atoms with Crippen molar-refractivity contribution in [1.82, 2.24) is 0 Å². The Bertz CT molecular complexity index is 416. The maximum atomic E-state index is 10.8. The van der Waals surface area contributed by atoms with Crippen LogP contribution in [0, 0.1) is 0 Å². The summed E-state index contributed by atoms with van der Waals surface area (Å²) in [4.78, 5) is 21.7. The molecule has 1 aromatic rings. The number of hydrogen-bond donors (Lipinski definition) is 1. The van der Waals surface area contributed by atoms with Gasteiger partial charge in [0.25, 0.3) is 0 Å². The smallest absolute Gasteiger partial charge is 0.343 e. The molecule has 16 heavy (non-hydrogen) atoms. The number of aromatic carboxylic acids is 1. The third-order valence-corrected chi connectivity index (χ3v) is 2.06. The van der Waals surface area contributed by atoms with Crippen LogP contribution in [0.5, 0.6) is 5.75 Å². The molecule has 0 aliphatic heterocycles. The lowest BCUT2D eigenvalue weighted by atomic mass is 10.2. The second kappa shape index (κ2) is 5.37. The standard InChI is InChI=1S/C10H9ClO5/c1-15-8(12)5-16-9-6(10(13)14)3-2-4-7(9)11/h2-4H,5H2,1H3,(H,13,14). The van der Waals surface area contributed by atoms with Crippen LogP contribution in [0.15, 0.2) is 18.2 Å². The van der Waals surface area contributed by atoms with E-state index in [9.17, 15) is 9.59 Å². The molecule has 0 saturated carbocycles. The van der Waals surface area contributed by atoms with Gasteiger partial charge < -0.3 is 14.6 Å². The van der Waals surface area contributed by atoms with Gasteiger partial charge in [-0.15, -0.1) is 0 Å². The van der Waals surface area contributed by atoms with E-state index in [2.05, 4.69) is 4.74 Å². The van der Waals surface area contributed by atoms with Crippen molar-refractivity contribution in [2.45, 2.75) is 0 Å². The van der Waals surface area contributed by atoms with Gasteiger partial charge in [-0.2, -0.15) is 0 Å². The summed E-state index contributed by atoms with van der Waals surface area (Å²) in [5, 5.41) is 8.99. The molecule has 0 unspecified atom stereocenters. The minimum Gasteiger partial charge on any atom is -0.479 e. The van der Waals surface area contributed by atoms with Crippen molar-refractivity contribution in [2.75, 3.05) is 13.7 Å². The minimum absolute atomic E-state index is 0.0398. The third kappa shape index (κ3) is 2.87. The van der Waals surface area contributed by atoms with Crippen molar-refractivity contribution in [1.29, 1.82) is 0 Å². The first-order valence-corrected chi connectivity index (χ1v) is 4.65. The summed E-state index contributed by atoms with van der Waals surface area (Å²) < 4.78 is 9.35. The molecule has 1 rings (SSSR count). The van der Waals surface area contributed by atoms with Gasteiger partial charge in [0.1, 0.15) is 5.56 Å². The second-order valence-electron chi connectivity index (χ2n) is 2.79. The number of carboxylic acids is 1. The quantitative estimate of drug-likeness (QED) is 0.815. The van der Waals surface area contributed by atoms with E-state index >= 15 is 0 Å². The zero-order valence-corrected chi connectivity index (χ0v) is 9.15. The summed E-state index contributed by atoms with van der Waals surface area (Å²) in [6.07, 6.45) is 0. The highest BCUT2D eigenvalue weighted by Gasteiger charge is 2.15. The third-order valence-electron chi connectivity index (χ3n) is 1.76. The van der Waals surface area contributed by atoms with Crippen LogP contribution >= 0.6 is 11.6 Å². The minimum atomic E-state index is -1.18. The van der Waals surface area contributed by atoms with E-state index in [1.165, 1.54) is 25.3 Å². The summed E-state index contributed by atoms with van der Waals surface area (Å²) in [5.41, 5.74) is -0.101. The Morgan fingerprint density at radius 3 is 2.69 bits per heavy atom. The lowest BCUT2D eigenvalue weighted by molar-refractivity contribution is -0.142. The van der Waals surface area contributed by atoms with Crippen LogP contribution in [0.3, 0.4) is 0 Å². The van der Waals surface area contributed by atoms with Crippen molar-refractivity contribution >= 4 is 23.5 Å². The zero-order valence-electron chi connectivity index (χ0n) is 8.40. The lowest BCUT2D eigenvalue weighted by Gasteiger charge is -2.09. The molecule has 1 aromatic carbocycles. The van der Waals surface area contributed by atoms with E-state index in [0.717, 1.165) is 0 Å². The number of esters is 1. The van der Waals surface area contributed by atoms with Crippen LogP contribution < -0.4 is 4.74 Å². The number of carboxylic acid groups (broad SMARTS) is 1. The summed E-state index contributed by atoms with van der Waals surface area (Å²) in [7, 11) is 1.20. The fraction of sp³-hybridized carbons (Fsp3) is 0.200. The fourth-order valence-electron chi connectivity index (χ4n) is 1.01. The topological polar surface area (TPSA) is 72.8 Å². The summed E-state index contributed by atoms with van der Waals surface area (Å²) in [6, 6.07) is 4.29. The molecule has 1 N–H and O–H groups in total. The van der Waals surface area contributed by atoms with E-state index < -0.39 is 11.9 Å². The van der Waals surface area contributed by atoms with Gasteiger partial charge in [-0.3, -0.25) is 0 Å². The number of ether oxygens (including phenoxy) is 2. The number of para-hydroxylation sites is 1. The Hall–Kier alpha value is -1.75. The normalized spacial score (nSPS) is 9.62. The van der Waals surface area contributed by atoms with Crippen LogP contribution in [0.4, 0.5) is 0 Å². The number of hydrogen-bond acceptors (Lipinski definition) is 4. The highest BCUT2D eigenvalue weighted by Crippen LogP contribution is 2.28. The van der Waals surface area contributed by atoms with Gasteiger partial charge in [0.2, 0.25) is 0 Å². The predicted octanol–water partition coefficient (Wildman–Crippen LogP) is 1.59. The van der Waals surface area contributed by atoms with Crippen LogP contribution in [-0.4, -0.2) is 30.8 Å². The van der Waals surface area contributed by atoms with Gasteiger partial charge in [-0.25, -0.2) is 9.59 Å². The van der Waals surface area contributed by atoms with Crippen molar-refractivity contribution < 1.29 is 24.2 Å². The number of halogens is 1. The van der Waals surface area contributed by atoms with E-state index in [0.29, 0.717) is 0 Å². The number of carbonyl (C=O) groups is 2. The van der Waals surface area contributed by atoms with E-state index in [-0.39, 0.29) is 22.9 Å². The summed E-state index contributed by atoms with van der Waals surface area (Å²) in [5.74, 6) is -1.83. The number of methoxy groups -OCH3 is 1. The molecule has 0 spiro atoms. The first-order chi connectivity index (χ1) is 7.56. The first kappa shape index (κ1) is 12.3. The average Bonchev–Trinajstić information content (AvgIpc) is 2.26. The Kier molecular flexibility index (Phi) is 4.13. The molecule has 0 aromatic heterocycles. The molecule has 6 heteroatoms. The first-order valence-electron chi connectivity index (χ1n) is 4.27. The lowest BCUT2D eigenvalue weighted by Crippen LogP contribution is -2.14. The number of rotatable bonds is 4. The highest BCUT2D eigenvalue weighted by atomic mass is 35.5. The Morgan fingerprint density at radius 1 is 1.44 bits per heavy atom. The zero-order chi connectivity index (χ0) is 12.1. The largest absolute Gasteiger partial charge is 0.479 e. The predicted molar refractivity (Wildman–Crippen MR) is 55.9 cm³/mol. The van der Waals surface area contributed by atoms with Gasteiger partial charge in [0, 0.05) is 0 Å². The summed E-state index contributed by atoms with van der Waals surface area (Å²) >= 11 is 5.76. The molecule has 0 atom stereocenters. The van der Waals surface area contributed by atoms with Crippen molar-refractivity contribution in [3.8, 4) is 5.75 Å². The van der Waals surface area contributed by atoms with Crippen molar-refractivity contribution in [3.05, 3.63) is 28.8 Å². The van der Waals surface area contributed by atoms with E-state index in [4.69, 9.17) is 21.4 Å². The molecule has 5 nitrogen and oxygen atoms in total. The van der Waals surface area contributed by atoms with Crippen LogP contribution in [0.2, 0.25) is 5.02 Å². The molecule has 0 saturated heterocycles. The number of carbonyl (C=O) groups excluding carboxylic acids is 1. The van der Waals surface area contributed by atoms with Gasteiger partial charge in [0.15, 0.2) is 12.4 Å². The Balaban J connectivity index is 2.93. The van der Waals surface area contributed by atoms with E-state index in [1.54, 1.807) is 0 Å². The van der Waals surface area contributed by atoms with Gasteiger partial charge >= 0.3 is 11.9 Å². The summed E-state index contributed by atoms with van der Waals surface area (Å²) in [6.45, 7) is -0.388. The SMILES string of the molecule is COC(=O)COc1c(Cl)cccc1C(=O)O. The average molecular weight is 245 g/mol. The molecule has 0 aliphatic carbocycles. The Labute approximate surface area is 96.5 Å². The molecular weight excluding hydrogens is 236 g/mol. The van der Waals surface area contributed by atoms with E-state index in [1.807, 2.05) is 0 Å². The maximum Gasteiger partial charge on any atom is 0.343 e. The maximum absolute atomic E-state index is 10.8. The Morgan fingerprint density at radius 2 is 2.12 bits per heavy atom. The molecule has 0 fully saturated rings. The monoisotopic (exact) mass is 244 g/mol. The molecule has 0 amide bonds.